The van der Waals surface area contributed by atoms with Crippen molar-refractivity contribution < 1.29 is 31.2 Å². The van der Waals surface area contributed by atoms with Gasteiger partial charge in [0.25, 0.3) is 11.8 Å². The Balaban J connectivity index is 2.05. The second kappa shape index (κ2) is 8.59. The molecule has 0 spiro atoms. The van der Waals surface area contributed by atoms with Gasteiger partial charge >= 0.3 is 6.18 Å². The summed E-state index contributed by atoms with van der Waals surface area (Å²) in [6.07, 6.45) is -4.73. The van der Waals surface area contributed by atoms with Gasteiger partial charge in [0.15, 0.2) is 0 Å². The van der Waals surface area contributed by atoms with Crippen LogP contribution >= 0.6 is 11.6 Å². The van der Waals surface area contributed by atoms with Crippen molar-refractivity contribution in [1.29, 1.82) is 0 Å². The molecule has 0 fully saturated rings. The largest absolute Gasteiger partial charge is 0.402 e. The summed E-state index contributed by atoms with van der Waals surface area (Å²) in [5.74, 6) is -1.52. The van der Waals surface area contributed by atoms with Gasteiger partial charge in [-0.2, -0.15) is 13.2 Å². The minimum atomic E-state index is -4.73. The van der Waals surface area contributed by atoms with E-state index in [1.807, 2.05) is 0 Å². The molecule has 28 heavy (non-hydrogen) atoms. The van der Waals surface area contributed by atoms with E-state index in [0.717, 1.165) is 12.1 Å². The van der Waals surface area contributed by atoms with Crippen molar-refractivity contribution in [2.24, 2.45) is 0 Å². The fraction of sp³-hybridized carbons (Fsp3) is 0.125. The molecule has 150 valence electrons. The quantitative estimate of drug-likeness (QED) is 0.626. The normalized spacial score (nSPS) is 11.7. The Labute approximate surface area is 162 Å². The molecule has 0 heterocycles. The van der Waals surface area contributed by atoms with Crippen molar-refractivity contribution in [3.8, 4) is 0 Å². The highest BCUT2D eigenvalue weighted by molar-refractivity contribution is 7.89. The molecule has 2 aromatic rings. The van der Waals surface area contributed by atoms with E-state index < -0.39 is 39.5 Å². The maximum atomic E-state index is 12.2. The molecule has 0 unspecified atom stereocenters. The van der Waals surface area contributed by atoms with Crippen LogP contribution in [0.3, 0.4) is 0 Å². The summed E-state index contributed by atoms with van der Waals surface area (Å²) in [5, 5.41) is 0.415. The molecule has 3 N–H and O–H groups in total. The first kappa shape index (κ1) is 21.7. The van der Waals surface area contributed by atoms with Gasteiger partial charge in [0.05, 0.1) is 4.90 Å². The molecular formula is C16H13ClF3N3O4S. The van der Waals surface area contributed by atoms with Crippen molar-refractivity contribution in [2.75, 3.05) is 6.54 Å². The maximum Gasteiger partial charge on any atom is 0.402 e. The van der Waals surface area contributed by atoms with E-state index in [2.05, 4.69) is 10.9 Å². The summed E-state index contributed by atoms with van der Waals surface area (Å²) in [6.45, 7) is -1.75. The summed E-state index contributed by atoms with van der Waals surface area (Å²) < 4.78 is 61.8. The first-order valence-electron chi connectivity index (χ1n) is 7.51. The van der Waals surface area contributed by atoms with Gasteiger partial charge in [-0.05, 0) is 42.5 Å². The van der Waals surface area contributed by atoms with E-state index in [-0.39, 0.29) is 11.1 Å². The predicted octanol–water partition coefficient (Wildman–Crippen LogP) is 2.26. The van der Waals surface area contributed by atoms with Gasteiger partial charge in [0.2, 0.25) is 10.0 Å². The zero-order valence-corrected chi connectivity index (χ0v) is 15.5. The van der Waals surface area contributed by atoms with Crippen LogP contribution in [0.1, 0.15) is 20.7 Å². The molecule has 12 heteroatoms. The number of halogens is 4. The van der Waals surface area contributed by atoms with Crippen LogP contribution in [0.15, 0.2) is 53.4 Å². The lowest BCUT2D eigenvalue weighted by atomic mass is 10.2. The monoisotopic (exact) mass is 435 g/mol. The second-order valence-electron chi connectivity index (χ2n) is 5.38. The predicted molar refractivity (Wildman–Crippen MR) is 94.1 cm³/mol. The fourth-order valence-corrected chi connectivity index (χ4v) is 3.11. The van der Waals surface area contributed by atoms with Gasteiger partial charge in [-0.15, -0.1) is 0 Å². The van der Waals surface area contributed by atoms with Gasteiger partial charge < -0.3 is 0 Å². The van der Waals surface area contributed by atoms with Crippen molar-refractivity contribution in [3.05, 3.63) is 64.7 Å². The summed E-state index contributed by atoms with van der Waals surface area (Å²) in [7, 11) is -4.48. The highest BCUT2D eigenvalue weighted by Crippen LogP contribution is 2.16. The van der Waals surface area contributed by atoms with Crippen molar-refractivity contribution in [1.82, 2.24) is 15.6 Å². The number of hydrazine groups is 1. The average molecular weight is 436 g/mol. The van der Waals surface area contributed by atoms with E-state index in [9.17, 15) is 31.2 Å². The standard InChI is InChI=1S/C16H13ClF3N3O4S/c17-12-6-4-10(5-7-12)14(24)22-23-15(25)11-2-1-3-13(8-11)28(26,27)21-9-16(18,19)20/h1-8,21H,9H2,(H,22,24)(H,23,25). The summed E-state index contributed by atoms with van der Waals surface area (Å²) >= 11 is 5.70. The van der Waals surface area contributed by atoms with E-state index in [1.165, 1.54) is 41.1 Å². The second-order valence-corrected chi connectivity index (χ2v) is 7.59. The first-order chi connectivity index (χ1) is 13.0. The molecule has 0 aliphatic heterocycles. The molecule has 2 rings (SSSR count). The van der Waals surface area contributed by atoms with Gasteiger partial charge in [-0.3, -0.25) is 20.4 Å². The zero-order chi connectivity index (χ0) is 20.9. The minimum Gasteiger partial charge on any atom is -0.267 e. The van der Waals surface area contributed by atoms with E-state index in [0.29, 0.717) is 5.02 Å². The van der Waals surface area contributed by atoms with Gasteiger partial charge in [-0.1, -0.05) is 17.7 Å². The Bertz CT molecular complexity index is 979. The van der Waals surface area contributed by atoms with Crippen molar-refractivity contribution in [3.63, 3.8) is 0 Å². The molecule has 0 bridgehead atoms. The molecule has 0 aliphatic rings. The lowest BCUT2D eigenvalue weighted by Crippen LogP contribution is -2.41. The first-order valence-corrected chi connectivity index (χ1v) is 9.37. The Kier molecular flexibility index (Phi) is 6.65. The molecule has 0 radical (unpaired) electrons. The summed E-state index contributed by atoms with van der Waals surface area (Å²) in [5.41, 5.74) is 4.22. The number of rotatable bonds is 5. The van der Waals surface area contributed by atoms with Crippen LogP contribution in [0.5, 0.6) is 0 Å². The molecule has 2 aromatic carbocycles. The Hall–Kier alpha value is -2.63. The number of hydrogen-bond acceptors (Lipinski definition) is 4. The van der Waals surface area contributed by atoms with E-state index in [4.69, 9.17) is 11.6 Å². The highest BCUT2D eigenvalue weighted by Gasteiger charge is 2.30. The topological polar surface area (TPSA) is 104 Å². The summed E-state index contributed by atoms with van der Waals surface area (Å²) in [6, 6.07) is 10.1. The third-order valence-electron chi connectivity index (χ3n) is 3.27. The Morgan fingerprint density at radius 3 is 2.07 bits per heavy atom. The molecule has 2 amide bonds. The molecular weight excluding hydrogens is 423 g/mol. The van der Waals surface area contributed by atoms with E-state index in [1.54, 1.807) is 0 Å². The van der Waals surface area contributed by atoms with Crippen LogP contribution in [0.4, 0.5) is 13.2 Å². The fourth-order valence-electron chi connectivity index (χ4n) is 1.92. The Morgan fingerprint density at radius 1 is 0.929 bits per heavy atom. The van der Waals surface area contributed by atoms with Crippen LogP contribution in [-0.4, -0.2) is 33.0 Å². The molecule has 0 atom stereocenters. The van der Waals surface area contributed by atoms with Crippen LogP contribution in [0.25, 0.3) is 0 Å². The maximum absolute atomic E-state index is 12.2. The number of nitrogens with one attached hydrogen (secondary N) is 3. The minimum absolute atomic E-state index is 0.189. The molecule has 0 saturated heterocycles. The third kappa shape index (κ3) is 6.22. The number of carbonyl (C=O) groups excluding carboxylic acids is 2. The zero-order valence-electron chi connectivity index (χ0n) is 13.9. The number of benzene rings is 2. The van der Waals surface area contributed by atoms with Crippen LogP contribution in [0.2, 0.25) is 5.02 Å². The number of amides is 2. The van der Waals surface area contributed by atoms with Crippen LogP contribution in [-0.2, 0) is 10.0 Å². The number of sulfonamides is 1. The number of alkyl halides is 3. The average Bonchev–Trinajstić information content (AvgIpc) is 2.64. The van der Waals surface area contributed by atoms with Gasteiger partial charge in [-0.25, -0.2) is 13.1 Å². The molecule has 0 saturated carbocycles. The third-order valence-corrected chi connectivity index (χ3v) is 4.92. The van der Waals surface area contributed by atoms with Crippen molar-refractivity contribution >= 4 is 33.4 Å². The van der Waals surface area contributed by atoms with Crippen LogP contribution in [0, 0.1) is 0 Å². The SMILES string of the molecule is O=C(NNC(=O)c1cccc(S(=O)(=O)NCC(F)(F)F)c1)c1ccc(Cl)cc1. The Morgan fingerprint density at radius 2 is 1.50 bits per heavy atom. The molecule has 0 aliphatic carbocycles. The number of hydrogen-bond donors (Lipinski definition) is 3. The summed E-state index contributed by atoms with van der Waals surface area (Å²) in [4.78, 5) is 23.5. The van der Waals surface area contributed by atoms with Gasteiger partial charge in [0.1, 0.15) is 6.54 Å². The molecule has 0 aromatic heterocycles. The lowest BCUT2D eigenvalue weighted by Gasteiger charge is -2.11. The lowest BCUT2D eigenvalue weighted by molar-refractivity contribution is -0.121. The van der Waals surface area contributed by atoms with Crippen molar-refractivity contribution in [2.45, 2.75) is 11.1 Å². The van der Waals surface area contributed by atoms with Crippen LogP contribution < -0.4 is 15.6 Å². The van der Waals surface area contributed by atoms with E-state index >= 15 is 0 Å². The van der Waals surface area contributed by atoms with Gasteiger partial charge in [0, 0.05) is 16.1 Å². The molecule has 7 nitrogen and oxygen atoms in total. The smallest absolute Gasteiger partial charge is 0.267 e. The number of carbonyl (C=O) groups is 2. The highest BCUT2D eigenvalue weighted by atomic mass is 35.5.